The maximum atomic E-state index is 12.7. The number of amides is 1. The Hall–Kier alpha value is -2.50. The summed E-state index contributed by atoms with van der Waals surface area (Å²) in [5.41, 5.74) is 4.64. The first-order valence-electron chi connectivity index (χ1n) is 8.98. The number of pyridine rings is 1. The van der Waals surface area contributed by atoms with E-state index < -0.39 is 0 Å². The number of benzene rings is 1. The molecule has 27 heavy (non-hydrogen) atoms. The molecule has 0 aliphatic heterocycles. The van der Waals surface area contributed by atoms with E-state index in [9.17, 15) is 4.79 Å². The number of rotatable bonds is 6. The van der Waals surface area contributed by atoms with Crippen LogP contribution in [0.4, 0.5) is 0 Å². The Morgan fingerprint density at radius 2 is 1.96 bits per heavy atom. The molecule has 0 radical (unpaired) electrons. The second-order valence-electron chi connectivity index (χ2n) is 6.96. The fourth-order valence-corrected chi connectivity index (χ4v) is 4.04. The van der Waals surface area contributed by atoms with E-state index in [2.05, 4.69) is 33.6 Å². The van der Waals surface area contributed by atoms with Crippen molar-refractivity contribution in [3.8, 4) is 11.3 Å². The van der Waals surface area contributed by atoms with E-state index >= 15 is 0 Å². The minimum absolute atomic E-state index is 0.0652. The molecule has 1 aromatic carbocycles. The third-order valence-electron chi connectivity index (χ3n) is 4.47. The van der Waals surface area contributed by atoms with Crippen LogP contribution in [0.3, 0.4) is 0 Å². The normalized spacial score (nSPS) is 12.2. The Morgan fingerprint density at radius 1 is 1.15 bits per heavy atom. The van der Waals surface area contributed by atoms with Gasteiger partial charge in [0.2, 0.25) is 0 Å². The van der Waals surface area contributed by atoms with Gasteiger partial charge in [-0.2, -0.15) is 0 Å². The highest BCUT2D eigenvalue weighted by molar-refractivity contribution is 7.10. The number of aryl methyl sites for hydroxylation is 2. The number of aromatic nitrogens is 1. The number of carbonyl (C=O) groups is 1. The van der Waals surface area contributed by atoms with Gasteiger partial charge in [-0.1, -0.05) is 18.2 Å². The summed E-state index contributed by atoms with van der Waals surface area (Å²) in [7, 11) is 4.06. The second-order valence-corrected chi connectivity index (χ2v) is 7.94. The molecular weight excluding hydrogens is 354 g/mol. The van der Waals surface area contributed by atoms with Crippen LogP contribution in [0, 0.1) is 13.8 Å². The monoisotopic (exact) mass is 379 g/mol. The van der Waals surface area contributed by atoms with Gasteiger partial charge in [-0.25, -0.2) is 0 Å². The maximum Gasteiger partial charge on any atom is 0.251 e. The summed E-state index contributed by atoms with van der Waals surface area (Å²) in [6.07, 6.45) is 0. The number of carbonyl (C=O) groups excluding carboxylic acids is 1. The average molecular weight is 380 g/mol. The molecule has 2 heterocycles. The fraction of sp³-hybridized carbons (Fsp3) is 0.273. The van der Waals surface area contributed by atoms with E-state index in [1.807, 2.05) is 63.5 Å². The number of hydrogen-bond donors (Lipinski definition) is 1. The number of thiophene rings is 1. The number of nitrogens with one attached hydrogen (secondary N) is 1. The van der Waals surface area contributed by atoms with Crippen molar-refractivity contribution >= 4 is 17.2 Å². The van der Waals surface area contributed by atoms with E-state index in [0.717, 1.165) is 22.5 Å². The third-order valence-corrected chi connectivity index (χ3v) is 5.44. The van der Waals surface area contributed by atoms with Gasteiger partial charge in [0.1, 0.15) is 0 Å². The summed E-state index contributed by atoms with van der Waals surface area (Å²) >= 11 is 1.71. The predicted molar refractivity (Wildman–Crippen MR) is 112 cm³/mol. The molecule has 0 spiro atoms. The highest BCUT2D eigenvalue weighted by Crippen LogP contribution is 2.23. The Kier molecular flexibility index (Phi) is 6.04. The van der Waals surface area contributed by atoms with Gasteiger partial charge in [0.05, 0.1) is 11.7 Å². The van der Waals surface area contributed by atoms with Crippen molar-refractivity contribution in [3.63, 3.8) is 0 Å². The van der Waals surface area contributed by atoms with Gasteiger partial charge in [-0.3, -0.25) is 9.78 Å². The first kappa shape index (κ1) is 19.3. The second kappa shape index (κ2) is 8.46. The lowest BCUT2D eigenvalue weighted by Crippen LogP contribution is -2.34. The first-order chi connectivity index (χ1) is 12.9. The molecule has 1 N–H and O–H groups in total. The maximum absolute atomic E-state index is 12.7. The van der Waals surface area contributed by atoms with Gasteiger partial charge in [-0.15, -0.1) is 11.3 Å². The average Bonchev–Trinajstić information content (AvgIpc) is 3.15. The Labute approximate surface area is 164 Å². The summed E-state index contributed by atoms with van der Waals surface area (Å²) in [6, 6.07) is 16.1. The van der Waals surface area contributed by atoms with Crippen LogP contribution >= 0.6 is 11.3 Å². The fourth-order valence-electron chi connectivity index (χ4n) is 3.12. The molecule has 4 nitrogen and oxygen atoms in total. The zero-order chi connectivity index (χ0) is 19.4. The van der Waals surface area contributed by atoms with Crippen molar-refractivity contribution in [1.29, 1.82) is 0 Å². The summed E-state index contributed by atoms with van der Waals surface area (Å²) in [6.45, 7) is 4.61. The molecule has 0 bridgehead atoms. The summed E-state index contributed by atoms with van der Waals surface area (Å²) < 4.78 is 0. The molecular formula is C22H25N3OS. The molecule has 0 fully saturated rings. The SMILES string of the molecule is Cc1cc(C)nc(-c2cccc(C(=O)NC[C@@H](c3cccs3)N(C)C)c2)c1. The van der Waals surface area contributed by atoms with Gasteiger partial charge in [0, 0.05) is 28.2 Å². The molecule has 0 aliphatic rings. The smallest absolute Gasteiger partial charge is 0.251 e. The zero-order valence-corrected chi connectivity index (χ0v) is 17.0. The third kappa shape index (κ3) is 4.81. The van der Waals surface area contributed by atoms with Crippen molar-refractivity contribution in [1.82, 2.24) is 15.2 Å². The standard InChI is InChI=1S/C22H25N3OS/c1-15-11-16(2)24-19(12-15)17-7-5-8-18(13-17)22(26)23-14-20(25(3)4)21-9-6-10-27-21/h5-13,20H,14H2,1-4H3,(H,23,26)/t20-/m0/s1. The Balaban J connectivity index is 1.75. The van der Waals surface area contributed by atoms with E-state index in [0.29, 0.717) is 12.1 Å². The van der Waals surface area contributed by atoms with Gasteiger partial charge in [0.25, 0.3) is 5.91 Å². The van der Waals surface area contributed by atoms with Crippen LogP contribution in [-0.4, -0.2) is 36.4 Å². The molecule has 1 atom stereocenters. The van der Waals surface area contributed by atoms with Crippen LogP contribution in [0.1, 0.15) is 32.5 Å². The van der Waals surface area contributed by atoms with E-state index in [4.69, 9.17) is 0 Å². The molecule has 0 saturated carbocycles. The molecule has 0 aliphatic carbocycles. The highest BCUT2D eigenvalue weighted by Gasteiger charge is 2.17. The van der Waals surface area contributed by atoms with Crippen molar-refractivity contribution in [3.05, 3.63) is 75.6 Å². The minimum Gasteiger partial charge on any atom is -0.350 e. The van der Waals surface area contributed by atoms with E-state index in [1.54, 1.807) is 11.3 Å². The number of hydrogen-bond acceptors (Lipinski definition) is 4. The molecule has 2 aromatic heterocycles. The molecule has 3 rings (SSSR count). The summed E-state index contributed by atoms with van der Waals surface area (Å²) in [5, 5.41) is 5.14. The number of nitrogens with zero attached hydrogens (tertiary/aromatic N) is 2. The van der Waals surface area contributed by atoms with Gasteiger partial charge < -0.3 is 10.2 Å². The largest absolute Gasteiger partial charge is 0.350 e. The van der Waals surface area contributed by atoms with Gasteiger partial charge in [0.15, 0.2) is 0 Å². The molecule has 1 amide bonds. The summed E-state index contributed by atoms with van der Waals surface area (Å²) in [5.74, 6) is -0.0652. The van der Waals surface area contributed by atoms with Crippen molar-refractivity contribution in [2.45, 2.75) is 19.9 Å². The zero-order valence-electron chi connectivity index (χ0n) is 16.2. The predicted octanol–water partition coefficient (Wildman–Crippen LogP) is 4.46. The summed E-state index contributed by atoms with van der Waals surface area (Å²) in [4.78, 5) is 20.7. The lowest BCUT2D eigenvalue weighted by molar-refractivity contribution is 0.0942. The van der Waals surface area contributed by atoms with Crippen molar-refractivity contribution < 1.29 is 4.79 Å². The van der Waals surface area contributed by atoms with Gasteiger partial charge in [-0.05, 0) is 69.2 Å². The van der Waals surface area contributed by atoms with Crippen molar-refractivity contribution in [2.24, 2.45) is 0 Å². The van der Waals surface area contributed by atoms with Crippen molar-refractivity contribution in [2.75, 3.05) is 20.6 Å². The topological polar surface area (TPSA) is 45.2 Å². The Bertz CT molecular complexity index is 899. The molecule has 0 saturated heterocycles. The van der Waals surface area contributed by atoms with E-state index in [1.165, 1.54) is 4.88 Å². The lowest BCUT2D eigenvalue weighted by Gasteiger charge is -2.23. The first-order valence-corrected chi connectivity index (χ1v) is 9.86. The number of likely N-dealkylation sites (N-methyl/N-ethyl adjacent to an activating group) is 1. The Morgan fingerprint density at radius 3 is 2.63 bits per heavy atom. The molecule has 0 unspecified atom stereocenters. The van der Waals surface area contributed by atoms with E-state index in [-0.39, 0.29) is 11.9 Å². The van der Waals surface area contributed by atoms with Crippen LogP contribution < -0.4 is 5.32 Å². The highest BCUT2D eigenvalue weighted by atomic mass is 32.1. The van der Waals surface area contributed by atoms with Crippen LogP contribution in [0.2, 0.25) is 0 Å². The molecule has 140 valence electrons. The van der Waals surface area contributed by atoms with Crippen LogP contribution in [0.15, 0.2) is 53.9 Å². The van der Waals surface area contributed by atoms with Gasteiger partial charge >= 0.3 is 0 Å². The van der Waals surface area contributed by atoms with Crippen LogP contribution in [0.25, 0.3) is 11.3 Å². The minimum atomic E-state index is -0.0652. The quantitative estimate of drug-likeness (QED) is 0.688. The molecule has 3 aromatic rings. The van der Waals surface area contributed by atoms with Crippen LogP contribution in [0.5, 0.6) is 0 Å². The lowest BCUT2D eigenvalue weighted by atomic mass is 10.1. The molecule has 5 heteroatoms. The van der Waals surface area contributed by atoms with Crippen LogP contribution in [-0.2, 0) is 0 Å².